The molecule has 0 aliphatic rings. The second-order valence-electron chi connectivity index (χ2n) is 1.44. The molecule has 0 aromatic heterocycles. The minimum Gasteiger partial charge on any atom is -0.126 e. The summed E-state index contributed by atoms with van der Waals surface area (Å²) in [5.41, 5.74) is 3.00. The molecule has 8 heavy (non-hydrogen) atoms. The molecule has 0 spiro atoms. The van der Waals surface area contributed by atoms with E-state index < -0.39 is 0 Å². The molecular formula is C7H12S. The molecule has 0 N–H and O–H groups in total. The van der Waals surface area contributed by atoms with E-state index in [1.807, 2.05) is 30.2 Å². The van der Waals surface area contributed by atoms with Crippen LogP contribution in [0.15, 0.2) is 17.2 Å². The van der Waals surface area contributed by atoms with Crippen molar-refractivity contribution in [2.75, 3.05) is 5.75 Å². The van der Waals surface area contributed by atoms with Crippen LogP contribution in [0, 0.1) is 0 Å². The van der Waals surface area contributed by atoms with E-state index in [2.05, 4.69) is 12.7 Å². The average Bonchev–Trinajstić information content (AvgIpc) is 1.81. The lowest BCUT2D eigenvalue weighted by atomic mass is 10.6. The first-order valence-electron chi connectivity index (χ1n) is 2.89. The third-order valence-electron chi connectivity index (χ3n) is 0.640. The summed E-state index contributed by atoms with van der Waals surface area (Å²) >= 11 is 1.81. The van der Waals surface area contributed by atoms with E-state index in [0.717, 1.165) is 0 Å². The topological polar surface area (TPSA) is 0 Å². The quantitative estimate of drug-likeness (QED) is 0.416. The first-order valence-corrected chi connectivity index (χ1v) is 3.93. The molecule has 0 aromatic carbocycles. The number of rotatable bonds is 3. The summed E-state index contributed by atoms with van der Waals surface area (Å²) in [6.45, 7) is 4.15. The Balaban J connectivity index is 3.04. The monoisotopic (exact) mass is 128 g/mol. The van der Waals surface area contributed by atoms with Crippen LogP contribution in [0.1, 0.15) is 20.3 Å². The zero-order valence-electron chi connectivity index (χ0n) is 5.48. The van der Waals surface area contributed by atoms with Crippen molar-refractivity contribution in [3.8, 4) is 0 Å². The fraction of sp³-hybridized carbons (Fsp3) is 0.571. The second-order valence-corrected chi connectivity index (χ2v) is 2.42. The summed E-state index contributed by atoms with van der Waals surface area (Å²) < 4.78 is 0. The highest BCUT2D eigenvalue weighted by Gasteiger charge is 1.73. The SMILES string of the molecule is CC=C=CSCCC. The zero-order chi connectivity index (χ0) is 6.24. The highest BCUT2D eigenvalue weighted by atomic mass is 32.2. The van der Waals surface area contributed by atoms with Crippen molar-refractivity contribution in [3.63, 3.8) is 0 Å². The van der Waals surface area contributed by atoms with Gasteiger partial charge in [0.1, 0.15) is 0 Å². The molecule has 0 aliphatic heterocycles. The lowest BCUT2D eigenvalue weighted by molar-refractivity contribution is 1.11. The van der Waals surface area contributed by atoms with E-state index in [-0.39, 0.29) is 0 Å². The Kier molecular flexibility index (Phi) is 6.76. The van der Waals surface area contributed by atoms with E-state index in [1.54, 1.807) is 0 Å². The predicted octanol–water partition coefficient (Wildman–Crippen LogP) is 2.82. The summed E-state index contributed by atoms with van der Waals surface area (Å²) in [4.78, 5) is 0. The van der Waals surface area contributed by atoms with Gasteiger partial charge in [0.05, 0.1) is 0 Å². The molecule has 0 nitrogen and oxygen atoms in total. The number of allylic oxidation sites excluding steroid dienone is 1. The highest BCUT2D eigenvalue weighted by molar-refractivity contribution is 8.02. The maximum absolute atomic E-state index is 3.00. The van der Waals surface area contributed by atoms with Gasteiger partial charge in [-0.05, 0) is 25.2 Å². The predicted molar refractivity (Wildman–Crippen MR) is 41.1 cm³/mol. The van der Waals surface area contributed by atoms with Gasteiger partial charge in [0.25, 0.3) is 0 Å². The van der Waals surface area contributed by atoms with E-state index >= 15 is 0 Å². The average molecular weight is 128 g/mol. The van der Waals surface area contributed by atoms with Gasteiger partial charge in [-0.15, -0.1) is 17.5 Å². The standard InChI is InChI=1S/C7H12S/c1-3-5-7-8-6-4-2/h3,7H,4,6H2,1-2H3. The van der Waals surface area contributed by atoms with Gasteiger partial charge in [0, 0.05) is 5.41 Å². The van der Waals surface area contributed by atoms with Crippen LogP contribution in [0.3, 0.4) is 0 Å². The van der Waals surface area contributed by atoms with Gasteiger partial charge in [-0.2, -0.15) is 0 Å². The van der Waals surface area contributed by atoms with E-state index in [0.29, 0.717) is 0 Å². The summed E-state index contributed by atoms with van der Waals surface area (Å²) in [6.07, 6.45) is 3.16. The van der Waals surface area contributed by atoms with Crippen LogP contribution in [-0.2, 0) is 0 Å². The van der Waals surface area contributed by atoms with Crippen molar-refractivity contribution in [2.24, 2.45) is 0 Å². The highest BCUT2D eigenvalue weighted by Crippen LogP contribution is 2.01. The zero-order valence-corrected chi connectivity index (χ0v) is 6.29. The van der Waals surface area contributed by atoms with Crippen molar-refractivity contribution in [2.45, 2.75) is 20.3 Å². The molecule has 0 heterocycles. The molecule has 0 saturated heterocycles. The summed E-state index contributed by atoms with van der Waals surface area (Å²) in [7, 11) is 0. The van der Waals surface area contributed by atoms with E-state index in [4.69, 9.17) is 0 Å². The Bertz CT molecular complexity index is 88.6. The largest absolute Gasteiger partial charge is 0.126 e. The van der Waals surface area contributed by atoms with Gasteiger partial charge in [-0.1, -0.05) is 6.92 Å². The molecule has 0 radical (unpaired) electrons. The van der Waals surface area contributed by atoms with Gasteiger partial charge in [0.15, 0.2) is 0 Å². The van der Waals surface area contributed by atoms with Crippen LogP contribution in [0.2, 0.25) is 0 Å². The van der Waals surface area contributed by atoms with Crippen LogP contribution in [0.5, 0.6) is 0 Å². The molecule has 46 valence electrons. The molecule has 0 unspecified atom stereocenters. The normalized spacial score (nSPS) is 7.75. The Morgan fingerprint density at radius 1 is 1.62 bits per heavy atom. The Morgan fingerprint density at radius 2 is 2.38 bits per heavy atom. The first-order chi connectivity index (χ1) is 3.91. The van der Waals surface area contributed by atoms with Crippen LogP contribution in [-0.4, -0.2) is 5.75 Å². The molecule has 1 heteroatoms. The fourth-order valence-corrected chi connectivity index (χ4v) is 0.879. The van der Waals surface area contributed by atoms with Crippen molar-refractivity contribution >= 4 is 11.8 Å². The molecule has 0 saturated carbocycles. The van der Waals surface area contributed by atoms with Gasteiger partial charge < -0.3 is 0 Å². The van der Waals surface area contributed by atoms with Crippen molar-refractivity contribution in [1.82, 2.24) is 0 Å². The van der Waals surface area contributed by atoms with E-state index in [1.165, 1.54) is 12.2 Å². The van der Waals surface area contributed by atoms with Gasteiger partial charge in [0.2, 0.25) is 0 Å². The summed E-state index contributed by atoms with van der Waals surface area (Å²) in [6, 6.07) is 0. The molecule has 0 rings (SSSR count). The van der Waals surface area contributed by atoms with Crippen LogP contribution < -0.4 is 0 Å². The van der Waals surface area contributed by atoms with Crippen molar-refractivity contribution in [1.29, 1.82) is 0 Å². The molecule has 0 atom stereocenters. The fourth-order valence-electron chi connectivity index (χ4n) is 0.293. The summed E-state index contributed by atoms with van der Waals surface area (Å²) in [5, 5.41) is 2.00. The van der Waals surface area contributed by atoms with Gasteiger partial charge in [-0.3, -0.25) is 0 Å². The first kappa shape index (κ1) is 7.87. The molecular weight excluding hydrogens is 116 g/mol. The Morgan fingerprint density at radius 3 is 2.88 bits per heavy atom. The van der Waals surface area contributed by atoms with Crippen molar-refractivity contribution < 1.29 is 0 Å². The smallest absolute Gasteiger partial charge is 0.0125 e. The van der Waals surface area contributed by atoms with Crippen LogP contribution in [0.4, 0.5) is 0 Å². The summed E-state index contributed by atoms with van der Waals surface area (Å²) in [5.74, 6) is 1.21. The molecule has 0 aliphatic carbocycles. The number of hydrogen-bond acceptors (Lipinski definition) is 1. The van der Waals surface area contributed by atoms with Gasteiger partial charge >= 0.3 is 0 Å². The third-order valence-corrected chi connectivity index (χ3v) is 1.59. The van der Waals surface area contributed by atoms with E-state index in [9.17, 15) is 0 Å². The molecule has 0 aromatic rings. The van der Waals surface area contributed by atoms with Crippen LogP contribution in [0.25, 0.3) is 0 Å². The lowest BCUT2D eigenvalue weighted by Gasteiger charge is -1.82. The number of thioether (sulfide) groups is 1. The minimum absolute atomic E-state index is 1.21. The number of hydrogen-bond donors (Lipinski definition) is 0. The minimum atomic E-state index is 1.21. The van der Waals surface area contributed by atoms with Gasteiger partial charge in [-0.25, -0.2) is 0 Å². The molecule has 0 fully saturated rings. The third kappa shape index (κ3) is 5.87. The maximum Gasteiger partial charge on any atom is 0.0125 e. The molecule has 0 amide bonds. The Labute approximate surface area is 55.7 Å². The second kappa shape index (κ2) is 6.87. The van der Waals surface area contributed by atoms with Crippen molar-refractivity contribution in [3.05, 3.63) is 17.2 Å². The lowest BCUT2D eigenvalue weighted by Crippen LogP contribution is -1.64. The molecule has 0 bridgehead atoms. The van der Waals surface area contributed by atoms with Crippen LogP contribution >= 0.6 is 11.8 Å². The Hall–Kier alpha value is -0.130. The maximum atomic E-state index is 3.00.